The Balaban J connectivity index is 1.98. The molecule has 0 saturated heterocycles. The first-order chi connectivity index (χ1) is 9.74. The van der Waals surface area contributed by atoms with Crippen molar-refractivity contribution in [2.75, 3.05) is 18.3 Å². The van der Waals surface area contributed by atoms with Gasteiger partial charge in [-0.2, -0.15) is 0 Å². The molecule has 0 aliphatic carbocycles. The Morgan fingerprint density at radius 1 is 1.00 bits per heavy atom. The smallest absolute Gasteiger partial charge is 0.231 e. The number of fused-ring (bicyclic) bond motifs is 2. The van der Waals surface area contributed by atoms with E-state index < -0.39 is 0 Å². The summed E-state index contributed by atoms with van der Waals surface area (Å²) < 4.78 is 11.9. The Hall–Kier alpha value is -2.40. The molecule has 0 radical (unpaired) electrons. The highest BCUT2D eigenvalue weighted by molar-refractivity contribution is 7.23. The normalized spacial score (nSPS) is 13.0. The fraction of sp³-hybridized carbons (Fsp3) is 0.0667. The van der Waals surface area contributed by atoms with Crippen LogP contribution < -0.4 is 20.9 Å². The number of hydrogen-bond donors (Lipinski definition) is 2. The van der Waals surface area contributed by atoms with E-state index in [0.717, 1.165) is 32.7 Å². The van der Waals surface area contributed by atoms with Crippen molar-refractivity contribution < 1.29 is 9.47 Å². The van der Waals surface area contributed by atoms with Crippen LogP contribution in [0.2, 0.25) is 0 Å². The molecule has 5 heteroatoms. The van der Waals surface area contributed by atoms with E-state index in [9.17, 15) is 0 Å². The first-order valence-electron chi connectivity index (χ1n) is 6.20. The fourth-order valence-corrected chi connectivity index (χ4v) is 3.41. The van der Waals surface area contributed by atoms with Gasteiger partial charge in [0.15, 0.2) is 11.5 Å². The van der Waals surface area contributed by atoms with Crippen molar-refractivity contribution in [1.82, 2.24) is 0 Å². The van der Waals surface area contributed by atoms with Crippen molar-refractivity contribution in [1.29, 1.82) is 0 Å². The van der Waals surface area contributed by atoms with Gasteiger partial charge in [-0.1, -0.05) is 18.2 Å². The molecule has 0 fully saturated rings. The second-order valence-corrected chi connectivity index (χ2v) is 5.71. The highest BCUT2D eigenvalue weighted by atomic mass is 32.1. The van der Waals surface area contributed by atoms with Crippen molar-refractivity contribution in [3.63, 3.8) is 0 Å². The van der Waals surface area contributed by atoms with Crippen molar-refractivity contribution in [2.45, 2.75) is 0 Å². The van der Waals surface area contributed by atoms with Crippen molar-refractivity contribution in [3.8, 4) is 22.6 Å². The summed E-state index contributed by atoms with van der Waals surface area (Å²) >= 11 is 1.51. The van der Waals surface area contributed by atoms with Crippen LogP contribution in [0, 0.1) is 0 Å². The number of nitrogen functional groups attached to an aromatic ring is 2. The molecule has 0 unspecified atom stereocenters. The molecular formula is C15H12N2O2S. The zero-order chi connectivity index (χ0) is 13.7. The molecule has 1 aliphatic heterocycles. The first kappa shape index (κ1) is 11.4. The van der Waals surface area contributed by atoms with E-state index in [-0.39, 0.29) is 6.79 Å². The van der Waals surface area contributed by atoms with Gasteiger partial charge < -0.3 is 20.9 Å². The van der Waals surface area contributed by atoms with Gasteiger partial charge in [-0.3, -0.25) is 0 Å². The van der Waals surface area contributed by atoms with Gasteiger partial charge in [-0.15, -0.1) is 11.3 Å². The van der Waals surface area contributed by atoms with Crippen LogP contribution >= 0.6 is 11.3 Å². The van der Waals surface area contributed by atoms with Crippen molar-refractivity contribution >= 4 is 32.1 Å². The molecule has 4 rings (SSSR count). The van der Waals surface area contributed by atoms with E-state index >= 15 is 0 Å². The lowest BCUT2D eigenvalue weighted by Crippen LogP contribution is -1.92. The van der Waals surface area contributed by atoms with Gasteiger partial charge in [0, 0.05) is 10.1 Å². The van der Waals surface area contributed by atoms with Gasteiger partial charge in [-0.05, 0) is 29.3 Å². The van der Waals surface area contributed by atoms with E-state index in [4.69, 9.17) is 20.9 Å². The predicted molar refractivity (Wildman–Crippen MR) is 82.2 cm³/mol. The lowest BCUT2D eigenvalue weighted by Gasteiger charge is -2.06. The van der Waals surface area contributed by atoms with Crippen LogP contribution in [0.15, 0.2) is 36.4 Å². The molecule has 2 heterocycles. The van der Waals surface area contributed by atoms with Crippen LogP contribution in [0.1, 0.15) is 0 Å². The lowest BCUT2D eigenvalue weighted by atomic mass is 10.0. The van der Waals surface area contributed by atoms with Crippen LogP contribution in [0.3, 0.4) is 0 Å². The third kappa shape index (κ3) is 1.53. The summed E-state index contributed by atoms with van der Waals surface area (Å²) in [6.07, 6.45) is 0. The molecule has 0 saturated carbocycles. The topological polar surface area (TPSA) is 70.5 Å². The van der Waals surface area contributed by atoms with Crippen molar-refractivity contribution in [2.24, 2.45) is 0 Å². The van der Waals surface area contributed by atoms with Gasteiger partial charge in [0.1, 0.15) is 5.00 Å². The molecule has 100 valence electrons. The summed E-state index contributed by atoms with van der Waals surface area (Å²) in [6.45, 7) is 0.274. The highest BCUT2D eigenvalue weighted by Crippen LogP contribution is 2.43. The molecule has 0 bridgehead atoms. The van der Waals surface area contributed by atoms with Crippen molar-refractivity contribution in [3.05, 3.63) is 36.4 Å². The Labute approximate surface area is 119 Å². The molecule has 1 aliphatic rings. The minimum atomic E-state index is 0.274. The summed E-state index contributed by atoms with van der Waals surface area (Å²) in [5, 5.41) is 1.67. The summed E-state index contributed by atoms with van der Waals surface area (Å²) in [5.74, 6) is 1.54. The van der Waals surface area contributed by atoms with E-state index in [1.807, 2.05) is 36.4 Å². The Kier molecular flexibility index (Phi) is 2.31. The number of benzene rings is 2. The van der Waals surface area contributed by atoms with Gasteiger partial charge >= 0.3 is 0 Å². The molecule has 2 aromatic carbocycles. The molecule has 20 heavy (non-hydrogen) atoms. The molecular weight excluding hydrogens is 272 g/mol. The van der Waals surface area contributed by atoms with Gasteiger partial charge in [0.2, 0.25) is 6.79 Å². The van der Waals surface area contributed by atoms with Gasteiger partial charge in [0.05, 0.1) is 5.69 Å². The zero-order valence-electron chi connectivity index (χ0n) is 10.6. The molecule has 4 N–H and O–H groups in total. The lowest BCUT2D eigenvalue weighted by molar-refractivity contribution is 0.174. The molecule has 4 nitrogen and oxygen atoms in total. The average molecular weight is 284 g/mol. The number of ether oxygens (including phenoxy) is 2. The summed E-state index contributed by atoms with van der Waals surface area (Å²) in [7, 11) is 0. The van der Waals surface area contributed by atoms with E-state index in [0.29, 0.717) is 10.7 Å². The van der Waals surface area contributed by atoms with E-state index in [1.54, 1.807) is 0 Å². The number of thiophene rings is 1. The maximum atomic E-state index is 6.12. The summed E-state index contributed by atoms with van der Waals surface area (Å²) in [4.78, 5) is 0. The number of nitrogens with two attached hydrogens (primary N) is 2. The largest absolute Gasteiger partial charge is 0.454 e. The van der Waals surface area contributed by atoms with Crippen LogP contribution in [0.25, 0.3) is 21.2 Å². The molecule has 1 aromatic heterocycles. The number of hydrogen-bond acceptors (Lipinski definition) is 5. The summed E-state index contributed by atoms with van der Waals surface area (Å²) in [6, 6.07) is 12.0. The predicted octanol–water partition coefficient (Wildman–Crippen LogP) is 3.46. The first-order valence-corrected chi connectivity index (χ1v) is 7.02. The monoisotopic (exact) mass is 284 g/mol. The van der Waals surface area contributed by atoms with Crippen LogP contribution in [0.4, 0.5) is 10.7 Å². The minimum absolute atomic E-state index is 0.274. The third-order valence-corrected chi connectivity index (χ3v) is 4.46. The second-order valence-electron chi connectivity index (χ2n) is 4.63. The fourth-order valence-electron chi connectivity index (χ4n) is 2.50. The standard InChI is InChI=1S/C15H12N2O2S/c16-14-13-9(2-1-3-12(13)20-15(14)17)8-4-5-10-11(6-8)19-7-18-10/h1-6H,7,16-17H2. The molecule has 0 atom stereocenters. The maximum Gasteiger partial charge on any atom is 0.231 e. The molecule has 3 aromatic rings. The third-order valence-electron chi connectivity index (χ3n) is 3.46. The Morgan fingerprint density at radius 3 is 2.75 bits per heavy atom. The highest BCUT2D eigenvalue weighted by Gasteiger charge is 2.16. The minimum Gasteiger partial charge on any atom is -0.454 e. The van der Waals surface area contributed by atoms with Crippen LogP contribution in [-0.2, 0) is 0 Å². The summed E-state index contributed by atoms with van der Waals surface area (Å²) in [5.41, 5.74) is 14.8. The van der Waals surface area contributed by atoms with E-state index in [1.165, 1.54) is 11.3 Å². The average Bonchev–Trinajstić information content (AvgIpc) is 3.03. The molecule has 0 spiro atoms. The quantitative estimate of drug-likeness (QED) is 0.718. The molecule has 0 amide bonds. The Bertz CT molecular complexity index is 826. The van der Waals surface area contributed by atoms with Gasteiger partial charge in [-0.25, -0.2) is 0 Å². The Morgan fingerprint density at radius 2 is 1.85 bits per heavy atom. The SMILES string of the molecule is Nc1sc2cccc(-c3ccc4c(c3)OCO4)c2c1N. The second kappa shape index (κ2) is 4.05. The van der Waals surface area contributed by atoms with Crippen LogP contribution in [-0.4, -0.2) is 6.79 Å². The number of rotatable bonds is 1. The number of anilines is 2. The van der Waals surface area contributed by atoms with Gasteiger partial charge in [0.25, 0.3) is 0 Å². The van der Waals surface area contributed by atoms with Crippen LogP contribution in [0.5, 0.6) is 11.5 Å². The maximum absolute atomic E-state index is 6.12. The van der Waals surface area contributed by atoms with E-state index in [2.05, 4.69) is 0 Å². The zero-order valence-corrected chi connectivity index (χ0v) is 11.4.